The van der Waals surface area contributed by atoms with Gasteiger partial charge in [-0.05, 0) is 38.7 Å². The molecule has 4 nitrogen and oxygen atoms in total. The molecule has 0 radical (unpaired) electrons. The molecule has 2 atom stereocenters. The third-order valence-corrected chi connectivity index (χ3v) is 6.59. The fourth-order valence-electron chi connectivity index (χ4n) is 2.78. The predicted molar refractivity (Wildman–Crippen MR) is 86.1 cm³/mol. The summed E-state index contributed by atoms with van der Waals surface area (Å²) >= 11 is 0. The summed E-state index contributed by atoms with van der Waals surface area (Å²) in [5.74, 6) is -0.504. The second-order valence-corrected chi connectivity index (χ2v) is 7.90. The fraction of sp³-hybridized carbons (Fsp3) is 0.471. The maximum atomic E-state index is 13.0. The molecule has 1 aromatic carbocycles. The minimum absolute atomic E-state index is 0.247. The van der Waals surface area contributed by atoms with Crippen molar-refractivity contribution in [3.05, 3.63) is 47.5 Å². The second kappa shape index (κ2) is 7.09. The first-order chi connectivity index (χ1) is 10.5. The third-order valence-electron chi connectivity index (χ3n) is 4.05. The number of allylic oxidation sites excluding steroid dienone is 1. The number of ether oxygens (including phenoxy) is 1. The Balaban J connectivity index is 2.33. The van der Waals surface area contributed by atoms with Gasteiger partial charge in [-0.2, -0.15) is 0 Å². The Labute approximate surface area is 132 Å². The number of carbonyl (C=O) groups excluding carboxylic acids is 1. The molecule has 0 saturated carbocycles. The molecule has 1 aliphatic carbocycles. The molecule has 5 heteroatoms. The summed E-state index contributed by atoms with van der Waals surface area (Å²) in [7, 11) is -3.50. The Morgan fingerprint density at radius 1 is 1.32 bits per heavy atom. The fourth-order valence-corrected chi connectivity index (χ4v) is 4.85. The van der Waals surface area contributed by atoms with Gasteiger partial charge in [-0.3, -0.25) is 0 Å². The van der Waals surface area contributed by atoms with E-state index in [4.69, 9.17) is 4.74 Å². The van der Waals surface area contributed by atoms with Crippen LogP contribution in [-0.2, 0) is 19.4 Å². The number of carbonyl (C=O) groups is 1. The molecule has 0 bridgehead atoms. The van der Waals surface area contributed by atoms with E-state index in [0.29, 0.717) is 12.0 Å². The van der Waals surface area contributed by atoms with Crippen LogP contribution in [-0.4, -0.2) is 26.2 Å². The smallest absolute Gasteiger partial charge is 0.335 e. The van der Waals surface area contributed by atoms with Gasteiger partial charge in [0.25, 0.3) is 0 Å². The van der Waals surface area contributed by atoms with Crippen LogP contribution in [0.1, 0.15) is 43.9 Å². The van der Waals surface area contributed by atoms with E-state index in [1.807, 2.05) is 18.2 Å². The number of hydrogen-bond acceptors (Lipinski definition) is 4. The average molecular weight is 322 g/mol. The van der Waals surface area contributed by atoms with Crippen molar-refractivity contribution in [3.63, 3.8) is 0 Å². The zero-order valence-electron chi connectivity index (χ0n) is 13.0. The average Bonchev–Trinajstić information content (AvgIpc) is 2.55. The first kappa shape index (κ1) is 16.7. The standard InChI is InChI=1S/C17H22O4S/c1-3-21-17(18)15-11-7-8-12-16(15)22(19,20)13(2)14-9-5-4-6-10-14/h4-6,9-11,13,16H,3,7-8,12H2,1-2H3. The first-order valence-electron chi connectivity index (χ1n) is 7.63. The van der Waals surface area contributed by atoms with Crippen LogP contribution in [0, 0.1) is 0 Å². The summed E-state index contributed by atoms with van der Waals surface area (Å²) in [5.41, 5.74) is 1.05. The van der Waals surface area contributed by atoms with Crippen molar-refractivity contribution in [2.75, 3.05) is 6.61 Å². The van der Waals surface area contributed by atoms with Gasteiger partial charge in [-0.25, -0.2) is 13.2 Å². The largest absolute Gasteiger partial charge is 0.463 e. The van der Waals surface area contributed by atoms with Crippen LogP contribution in [0.15, 0.2) is 42.0 Å². The Morgan fingerprint density at radius 2 is 2.00 bits per heavy atom. The predicted octanol–water partition coefficient (Wildman–Crippen LogP) is 3.20. The number of esters is 1. The molecular weight excluding hydrogens is 300 g/mol. The first-order valence-corrected chi connectivity index (χ1v) is 9.24. The topological polar surface area (TPSA) is 60.4 Å². The summed E-state index contributed by atoms with van der Waals surface area (Å²) in [5, 5.41) is -1.41. The molecule has 0 N–H and O–H groups in total. The van der Waals surface area contributed by atoms with Gasteiger partial charge in [0, 0.05) is 0 Å². The molecule has 0 aromatic heterocycles. The summed E-state index contributed by atoms with van der Waals surface area (Å²) in [6, 6.07) is 9.11. The van der Waals surface area contributed by atoms with E-state index < -0.39 is 26.3 Å². The van der Waals surface area contributed by atoms with Gasteiger partial charge in [0.2, 0.25) is 0 Å². The summed E-state index contributed by atoms with van der Waals surface area (Å²) in [6.45, 7) is 3.65. The van der Waals surface area contributed by atoms with E-state index >= 15 is 0 Å². The van der Waals surface area contributed by atoms with Gasteiger partial charge in [0.15, 0.2) is 9.84 Å². The Morgan fingerprint density at radius 3 is 2.64 bits per heavy atom. The van der Waals surface area contributed by atoms with Crippen molar-refractivity contribution in [3.8, 4) is 0 Å². The Bertz CT molecular complexity index is 646. The molecule has 120 valence electrons. The highest BCUT2D eigenvalue weighted by molar-refractivity contribution is 7.92. The van der Waals surface area contributed by atoms with Gasteiger partial charge in [0.05, 0.1) is 22.7 Å². The lowest BCUT2D eigenvalue weighted by Gasteiger charge is -2.26. The third kappa shape index (κ3) is 3.40. The molecule has 0 saturated heterocycles. The molecule has 0 heterocycles. The van der Waals surface area contributed by atoms with E-state index in [2.05, 4.69) is 0 Å². The molecule has 0 amide bonds. The highest BCUT2D eigenvalue weighted by atomic mass is 32.2. The lowest BCUT2D eigenvalue weighted by Crippen LogP contribution is -2.33. The number of benzene rings is 1. The van der Waals surface area contributed by atoms with Crippen molar-refractivity contribution < 1.29 is 17.9 Å². The van der Waals surface area contributed by atoms with Crippen molar-refractivity contribution in [1.82, 2.24) is 0 Å². The maximum absolute atomic E-state index is 13.0. The minimum Gasteiger partial charge on any atom is -0.463 e. The minimum atomic E-state index is -3.50. The lowest BCUT2D eigenvalue weighted by molar-refractivity contribution is -0.138. The molecule has 1 aromatic rings. The quantitative estimate of drug-likeness (QED) is 0.781. The van der Waals surface area contributed by atoms with Crippen LogP contribution >= 0.6 is 0 Å². The van der Waals surface area contributed by atoms with E-state index in [9.17, 15) is 13.2 Å². The van der Waals surface area contributed by atoms with Crippen molar-refractivity contribution in [2.45, 2.75) is 43.6 Å². The maximum Gasteiger partial charge on any atom is 0.335 e. The molecule has 2 rings (SSSR count). The summed E-state index contributed by atoms with van der Waals surface area (Å²) in [6.07, 6.45) is 3.69. The Hall–Kier alpha value is -1.62. The van der Waals surface area contributed by atoms with Gasteiger partial charge in [0.1, 0.15) is 0 Å². The number of rotatable bonds is 5. The molecular formula is C17H22O4S. The van der Waals surface area contributed by atoms with Crippen LogP contribution in [0.3, 0.4) is 0 Å². The lowest BCUT2D eigenvalue weighted by atomic mass is 9.99. The molecule has 22 heavy (non-hydrogen) atoms. The SMILES string of the molecule is CCOC(=O)C1=CCCCC1S(=O)(=O)C(C)c1ccccc1. The van der Waals surface area contributed by atoms with Crippen LogP contribution in [0.4, 0.5) is 0 Å². The number of sulfone groups is 1. The van der Waals surface area contributed by atoms with E-state index in [0.717, 1.165) is 18.4 Å². The van der Waals surface area contributed by atoms with Crippen molar-refractivity contribution >= 4 is 15.8 Å². The van der Waals surface area contributed by atoms with E-state index in [1.54, 1.807) is 32.1 Å². The van der Waals surface area contributed by atoms with Crippen LogP contribution in [0.25, 0.3) is 0 Å². The zero-order chi connectivity index (χ0) is 16.2. The zero-order valence-corrected chi connectivity index (χ0v) is 13.8. The van der Waals surface area contributed by atoms with Gasteiger partial charge >= 0.3 is 5.97 Å². The van der Waals surface area contributed by atoms with Gasteiger partial charge in [-0.1, -0.05) is 36.4 Å². The molecule has 0 aliphatic heterocycles. The summed E-state index contributed by atoms with van der Waals surface area (Å²) in [4.78, 5) is 12.1. The molecule has 1 aliphatic rings. The van der Waals surface area contributed by atoms with Crippen LogP contribution < -0.4 is 0 Å². The number of hydrogen-bond donors (Lipinski definition) is 0. The summed E-state index contributed by atoms with van der Waals surface area (Å²) < 4.78 is 30.9. The highest BCUT2D eigenvalue weighted by Gasteiger charge is 2.38. The van der Waals surface area contributed by atoms with E-state index in [-0.39, 0.29) is 6.61 Å². The molecule has 2 unspecified atom stereocenters. The molecule has 0 fully saturated rings. The molecule has 0 spiro atoms. The van der Waals surface area contributed by atoms with Crippen LogP contribution in [0.5, 0.6) is 0 Å². The van der Waals surface area contributed by atoms with Crippen molar-refractivity contribution in [1.29, 1.82) is 0 Å². The Kier molecular flexibility index (Phi) is 5.40. The monoisotopic (exact) mass is 322 g/mol. The van der Waals surface area contributed by atoms with E-state index in [1.165, 1.54) is 0 Å². The van der Waals surface area contributed by atoms with Crippen LogP contribution in [0.2, 0.25) is 0 Å². The van der Waals surface area contributed by atoms with Gasteiger partial charge in [-0.15, -0.1) is 0 Å². The highest BCUT2D eigenvalue weighted by Crippen LogP contribution is 2.34. The second-order valence-electron chi connectivity index (χ2n) is 5.44. The van der Waals surface area contributed by atoms with Gasteiger partial charge < -0.3 is 4.74 Å². The normalized spacial score (nSPS) is 20.1. The van der Waals surface area contributed by atoms with Crippen molar-refractivity contribution in [2.24, 2.45) is 0 Å².